The first-order valence-electron chi connectivity index (χ1n) is 4.44. The van der Waals surface area contributed by atoms with Crippen LogP contribution in [0, 0.1) is 0 Å². The van der Waals surface area contributed by atoms with Gasteiger partial charge in [0.05, 0.1) is 17.3 Å². The van der Waals surface area contributed by atoms with Crippen LogP contribution >= 0.6 is 0 Å². The standard InChI is InChI=1S/C10H7N3O2/c14-5-15-8-4-11-10-9-6(8)2-1-3-7(9)12-13-10/h1-5H,(H2,11,12,13). The summed E-state index contributed by atoms with van der Waals surface area (Å²) in [5.74, 6) is 1.22. The Labute approximate surface area is 85.0 Å². The van der Waals surface area contributed by atoms with Gasteiger partial charge >= 0.3 is 0 Å². The number of carbonyl (C=O) groups excluding carboxylic acids is 1. The summed E-state index contributed by atoms with van der Waals surface area (Å²) >= 11 is 0. The van der Waals surface area contributed by atoms with Gasteiger partial charge < -0.3 is 4.74 Å². The van der Waals surface area contributed by atoms with E-state index in [0.29, 0.717) is 12.2 Å². The van der Waals surface area contributed by atoms with Crippen LogP contribution in [0.25, 0.3) is 10.8 Å². The zero-order valence-electron chi connectivity index (χ0n) is 7.65. The van der Waals surface area contributed by atoms with E-state index in [0.717, 1.165) is 22.3 Å². The second-order valence-corrected chi connectivity index (χ2v) is 3.16. The first-order chi connectivity index (χ1) is 7.40. The molecule has 0 amide bonds. The number of carbonyl (C=O) groups is 1. The molecule has 0 bridgehead atoms. The first-order valence-corrected chi connectivity index (χ1v) is 4.44. The van der Waals surface area contributed by atoms with Crippen LogP contribution in [-0.2, 0) is 4.79 Å². The van der Waals surface area contributed by atoms with Crippen molar-refractivity contribution < 1.29 is 9.53 Å². The van der Waals surface area contributed by atoms with Gasteiger partial charge in [-0.2, -0.15) is 0 Å². The van der Waals surface area contributed by atoms with Crippen molar-refractivity contribution in [1.29, 1.82) is 0 Å². The van der Waals surface area contributed by atoms with Gasteiger partial charge in [0.2, 0.25) is 0 Å². The van der Waals surface area contributed by atoms with Gasteiger partial charge in [0, 0.05) is 5.39 Å². The first kappa shape index (κ1) is 8.05. The van der Waals surface area contributed by atoms with Gasteiger partial charge in [0.1, 0.15) is 0 Å². The molecule has 0 saturated heterocycles. The number of hydrogen-bond donors (Lipinski definition) is 2. The third-order valence-electron chi connectivity index (χ3n) is 2.37. The molecule has 2 N–H and O–H groups in total. The highest BCUT2D eigenvalue weighted by molar-refractivity contribution is 6.07. The zero-order chi connectivity index (χ0) is 10.3. The number of nitrogens with one attached hydrogen (secondary N) is 2. The Balaban J connectivity index is 2.38. The Kier molecular flexibility index (Phi) is 1.53. The number of rotatable bonds is 2. The summed E-state index contributed by atoms with van der Waals surface area (Å²) < 4.78 is 4.86. The second kappa shape index (κ2) is 2.84. The number of aromatic nitrogens is 1. The minimum atomic E-state index is 0.404. The highest BCUT2D eigenvalue weighted by Crippen LogP contribution is 2.37. The van der Waals surface area contributed by atoms with E-state index in [2.05, 4.69) is 15.8 Å². The number of benzene rings is 1. The van der Waals surface area contributed by atoms with Crippen molar-refractivity contribution in [3.63, 3.8) is 0 Å². The van der Waals surface area contributed by atoms with E-state index < -0.39 is 0 Å². The van der Waals surface area contributed by atoms with Crippen LogP contribution in [0.2, 0.25) is 0 Å². The fourth-order valence-electron chi connectivity index (χ4n) is 1.74. The van der Waals surface area contributed by atoms with Crippen molar-refractivity contribution >= 4 is 28.7 Å². The van der Waals surface area contributed by atoms with E-state index in [4.69, 9.17) is 4.74 Å². The van der Waals surface area contributed by atoms with E-state index in [1.165, 1.54) is 6.20 Å². The SMILES string of the molecule is O=COc1cnc2c3c(cccc13)NN2. The van der Waals surface area contributed by atoms with E-state index in [1.54, 1.807) is 0 Å². The van der Waals surface area contributed by atoms with E-state index in [-0.39, 0.29) is 0 Å². The molecule has 5 nitrogen and oxygen atoms in total. The molecule has 0 saturated carbocycles. The summed E-state index contributed by atoms with van der Waals surface area (Å²) in [7, 11) is 0. The minimum absolute atomic E-state index is 0.404. The molecule has 0 spiro atoms. The lowest BCUT2D eigenvalue weighted by molar-refractivity contribution is -0.120. The maximum atomic E-state index is 10.3. The van der Waals surface area contributed by atoms with Gasteiger partial charge in [-0.3, -0.25) is 15.6 Å². The van der Waals surface area contributed by atoms with E-state index in [9.17, 15) is 4.79 Å². The number of hydrogen-bond acceptors (Lipinski definition) is 5. The molecule has 15 heavy (non-hydrogen) atoms. The van der Waals surface area contributed by atoms with Gasteiger partial charge in [-0.25, -0.2) is 4.98 Å². The van der Waals surface area contributed by atoms with Gasteiger partial charge in [-0.05, 0) is 6.07 Å². The average Bonchev–Trinajstić information content (AvgIpc) is 2.68. The van der Waals surface area contributed by atoms with E-state index in [1.807, 2.05) is 18.2 Å². The Morgan fingerprint density at radius 1 is 1.33 bits per heavy atom. The largest absolute Gasteiger partial charge is 0.426 e. The monoisotopic (exact) mass is 201 g/mol. The van der Waals surface area contributed by atoms with Gasteiger partial charge in [-0.15, -0.1) is 0 Å². The predicted octanol–water partition coefficient (Wildman–Crippen LogP) is 1.52. The Morgan fingerprint density at radius 2 is 2.27 bits per heavy atom. The van der Waals surface area contributed by atoms with Crippen LogP contribution in [0.1, 0.15) is 0 Å². The Hall–Kier alpha value is -2.30. The molecular formula is C10H7N3O2. The van der Waals surface area contributed by atoms with Gasteiger partial charge in [0.25, 0.3) is 6.47 Å². The molecule has 3 rings (SSSR count). The summed E-state index contributed by atoms with van der Waals surface area (Å²) in [6.07, 6.45) is 1.52. The number of nitrogens with zero attached hydrogens (tertiary/aromatic N) is 1. The molecule has 0 unspecified atom stereocenters. The lowest BCUT2D eigenvalue weighted by Gasteiger charge is -2.03. The molecule has 0 aliphatic carbocycles. The normalized spacial score (nSPS) is 12.0. The predicted molar refractivity (Wildman–Crippen MR) is 55.7 cm³/mol. The highest BCUT2D eigenvalue weighted by atomic mass is 16.5. The van der Waals surface area contributed by atoms with Crippen LogP contribution in [0.5, 0.6) is 5.75 Å². The summed E-state index contributed by atoms with van der Waals surface area (Å²) in [4.78, 5) is 14.5. The van der Waals surface area contributed by atoms with Crippen LogP contribution in [0.4, 0.5) is 11.5 Å². The Bertz CT molecular complexity index is 543. The highest BCUT2D eigenvalue weighted by Gasteiger charge is 2.16. The molecule has 2 aromatic rings. The quantitative estimate of drug-likeness (QED) is 0.721. The van der Waals surface area contributed by atoms with Gasteiger partial charge in [0.15, 0.2) is 11.6 Å². The van der Waals surface area contributed by atoms with Crippen LogP contribution in [0.15, 0.2) is 24.4 Å². The summed E-state index contributed by atoms with van der Waals surface area (Å²) in [5.41, 5.74) is 6.86. The van der Waals surface area contributed by atoms with Crippen molar-refractivity contribution in [2.75, 3.05) is 10.9 Å². The van der Waals surface area contributed by atoms with Crippen molar-refractivity contribution in [1.82, 2.24) is 4.98 Å². The van der Waals surface area contributed by atoms with Crippen LogP contribution in [-0.4, -0.2) is 11.5 Å². The van der Waals surface area contributed by atoms with Crippen molar-refractivity contribution in [3.05, 3.63) is 24.4 Å². The maximum absolute atomic E-state index is 10.3. The second-order valence-electron chi connectivity index (χ2n) is 3.16. The molecular weight excluding hydrogens is 194 g/mol. The lowest BCUT2D eigenvalue weighted by atomic mass is 10.1. The molecule has 74 valence electrons. The summed E-state index contributed by atoms with van der Waals surface area (Å²) in [6, 6.07) is 5.70. The van der Waals surface area contributed by atoms with Crippen LogP contribution < -0.4 is 15.6 Å². The summed E-state index contributed by atoms with van der Waals surface area (Å²) in [5, 5.41) is 1.80. The van der Waals surface area contributed by atoms with E-state index >= 15 is 0 Å². The fourth-order valence-corrected chi connectivity index (χ4v) is 1.74. The summed E-state index contributed by atoms with van der Waals surface area (Å²) in [6.45, 7) is 0.404. The molecule has 5 heteroatoms. The molecule has 0 fully saturated rings. The average molecular weight is 201 g/mol. The smallest absolute Gasteiger partial charge is 0.298 e. The molecule has 1 aliphatic heterocycles. The van der Waals surface area contributed by atoms with Gasteiger partial charge in [-0.1, -0.05) is 12.1 Å². The molecule has 0 radical (unpaired) electrons. The Morgan fingerprint density at radius 3 is 3.13 bits per heavy atom. The minimum Gasteiger partial charge on any atom is -0.426 e. The van der Waals surface area contributed by atoms with Crippen molar-refractivity contribution in [2.24, 2.45) is 0 Å². The van der Waals surface area contributed by atoms with Crippen molar-refractivity contribution in [2.45, 2.75) is 0 Å². The number of anilines is 2. The molecule has 1 aromatic heterocycles. The maximum Gasteiger partial charge on any atom is 0.298 e. The topological polar surface area (TPSA) is 63.2 Å². The number of ether oxygens (including phenoxy) is 1. The molecule has 2 heterocycles. The lowest BCUT2D eigenvalue weighted by Crippen LogP contribution is -2.01. The molecule has 1 aliphatic rings. The molecule has 1 aromatic carbocycles. The zero-order valence-corrected chi connectivity index (χ0v) is 7.65. The molecule has 0 atom stereocenters. The third kappa shape index (κ3) is 1.03. The fraction of sp³-hybridized carbons (Fsp3) is 0. The number of hydrazine groups is 1. The van der Waals surface area contributed by atoms with Crippen LogP contribution in [0.3, 0.4) is 0 Å². The van der Waals surface area contributed by atoms with Crippen molar-refractivity contribution in [3.8, 4) is 5.75 Å². The number of pyridine rings is 1. The third-order valence-corrected chi connectivity index (χ3v) is 2.37.